The van der Waals surface area contributed by atoms with Crippen LogP contribution in [0.5, 0.6) is 0 Å². The third-order valence-electron chi connectivity index (χ3n) is 1.97. The van der Waals surface area contributed by atoms with Gasteiger partial charge in [-0.25, -0.2) is 4.39 Å². The fourth-order valence-corrected chi connectivity index (χ4v) is 1.94. The highest BCUT2D eigenvalue weighted by Crippen LogP contribution is 2.27. The Hall–Kier alpha value is -0.870. The van der Waals surface area contributed by atoms with Crippen LogP contribution in [0, 0.1) is 5.82 Å². The van der Waals surface area contributed by atoms with Gasteiger partial charge in [-0.15, -0.1) is 0 Å². The van der Waals surface area contributed by atoms with Crippen molar-refractivity contribution >= 4 is 26.8 Å². The van der Waals surface area contributed by atoms with E-state index in [0.717, 1.165) is 21.1 Å². The van der Waals surface area contributed by atoms with Gasteiger partial charge < -0.3 is 10.7 Å². The highest BCUT2D eigenvalue weighted by atomic mass is 79.9. The molecule has 2 rings (SSSR count). The average molecular weight is 243 g/mol. The van der Waals surface area contributed by atoms with Crippen LogP contribution in [0.25, 0.3) is 10.9 Å². The number of hydrogen-bond donors (Lipinski definition) is 2. The van der Waals surface area contributed by atoms with Crippen LogP contribution in [-0.4, -0.2) is 4.98 Å². The second-order valence-electron chi connectivity index (χ2n) is 2.81. The lowest BCUT2D eigenvalue weighted by molar-refractivity contribution is 0.629. The minimum absolute atomic E-state index is 0.246. The van der Waals surface area contributed by atoms with Gasteiger partial charge in [0, 0.05) is 27.6 Å². The van der Waals surface area contributed by atoms with Gasteiger partial charge in [0.15, 0.2) is 0 Å². The summed E-state index contributed by atoms with van der Waals surface area (Å²) in [5.41, 5.74) is 7.16. The number of nitrogens with two attached hydrogens (primary N) is 1. The lowest BCUT2D eigenvalue weighted by atomic mass is 10.2. The van der Waals surface area contributed by atoms with Crippen molar-refractivity contribution in [2.75, 3.05) is 0 Å². The van der Waals surface area contributed by atoms with Gasteiger partial charge in [-0.05, 0) is 34.1 Å². The Morgan fingerprint density at radius 1 is 1.46 bits per heavy atom. The molecule has 0 radical (unpaired) electrons. The van der Waals surface area contributed by atoms with E-state index in [0.29, 0.717) is 6.54 Å². The van der Waals surface area contributed by atoms with Crippen LogP contribution in [0.15, 0.2) is 22.7 Å². The number of benzene rings is 1. The summed E-state index contributed by atoms with van der Waals surface area (Å²) in [6.45, 7) is 0.414. The summed E-state index contributed by atoms with van der Waals surface area (Å²) in [7, 11) is 0. The number of halogens is 2. The first-order valence-electron chi connectivity index (χ1n) is 3.88. The molecule has 0 unspecified atom stereocenters. The Kier molecular flexibility index (Phi) is 2.09. The number of H-pyrrole nitrogens is 1. The predicted molar refractivity (Wildman–Crippen MR) is 53.8 cm³/mol. The molecule has 0 aliphatic carbocycles. The molecule has 1 aromatic carbocycles. The zero-order valence-electron chi connectivity index (χ0n) is 6.77. The molecule has 0 bridgehead atoms. The monoisotopic (exact) mass is 242 g/mol. The van der Waals surface area contributed by atoms with Crippen molar-refractivity contribution in [2.45, 2.75) is 6.54 Å². The van der Waals surface area contributed by atoms with Crippen molar-refractivity contribution in [3.05, 3.63) is 34.2 Å². The Morgan fingerprint density at radius 3 is 2.92 bits per heavy atom. The molecule has 13 heavy (non-hydrogen) atoms. The van der Waals surface area contributed by atoms with Crippen molar-refractivity contribution < 1.29 is 4.39 Å². The summed E-state index contributed by atoms with van der Waals surface area (Å²) in [5.74, 6) is -0.246. The minimum Gasteiger partial charge on any atom is -0.356 e. The molecule has 4 heteroatoms. The topological polar surface area (TPSA) is 41.8 Å². The highest BCUT2D eigenvalue weighted by Gasteiger charge is 2.07. The summed E-state index contributed by atoms with van der Waals surface area (Å²) in [5, 5.41) is 0.960. The average Bonchev–Trinajstić information content (AvgIpc) is 2.42. The molecule has 0 aliphatic rings. The predicted octanol–water partition coefficient (Wildman–Crippen LogP) is 2.53. The van der Waals surface area contributed by atoms with Gasteiger partial charge in [-0.1, -0.05) is 0 Å². The van der Waals surface area contributed by atoms with E-state index in [9.17, 15) is 4.39 Å². The fraction of sp³-hybridized carbons (Fsp3) is 0.111. The quantitative estimate of drug-likeness (QED) is 0.793. The van der Waals surface area contributed by atoms with Crippen LogP contribution < -0.4 is 5.73 Å². The molecule has 1 heterocycles. The van der Waals surface area contributed by atoms with Gasteiger partial charge in [0.1, 0.15) is 5.82 Å². The van der Waals surface area contributed by atoms with Crippen LogP contribution in [0.3, 0.4) is 0 Å². The molecular weight excluding hydrogens is 235 g/mol. The SMILES string of the molecule is NCc1[nH]c2cc(F)ccc2c1Br. The molecule has 0 saturated heterocycles. The van der Waals surface area contributed by atoms with Gasteiger partial charge in [-0.3, -0.25) is 0 Å². The first-order valence-corrected chi connectivity index (χ1v) is 4.67. The summed E-state index contributed by atoms with van der Waals surface area (Å²) in [6, 6.07) is 4.62. The van der Waals surface area contributed by atoms with Crippen molar-refractivity contribution in [3.8, 4) is 0 Å². The molecule has 2 nitrogen and oxygen atoms in total. The zero-order valence-corrected chi connectivity index (χ0v) is 8.36. The molecule has 1 aromatic heterocycles. The number of nitrogens with one attached hydrogen (secondary N) is 1. The minimum atomic E-state index is -0.246. The number of hydrogen-bond acceptors (Lipinski definition) is 1. The van der Waals surface area contributed by atoms with Crippen LogP contribution in [0.4, 0.5) is 4.39 Å². The number of aromatic nitrogens is 1. The van der Waals surface area contributed by atoms with E-state index in [1.54, 1.807) is 6.07 Å². The zero-order chi connectivity index (χ0) is 9.42. The maximum atomic E-state index is 12.8. The Morgan fingerprint density at radius 2 is 2.23 bits per heavy atom. The summed E-state index contributed by atoms with van der Waals surface area (Å²) < 4.78 is 13.7. The van der Waals surface area contributed by atoms with E-state index in [4.69, 9.17) is 5.73 Å². The molecule has 0 fully saturated rings. The lowest BCUT2D eigenvalue weighted by Crippen LogP contribution is -1.96. The molecule has 68 valence electrons. The summed E-state index contributed by atoms with van der Waals surface area (Å²) >= 11 is 3.40. The van der Waals surface area contributed by atoms with Gasteiger partial charge in [0.2, 0.25) is 0 Å². The molecular formula is C9H8BrFN2. The molecule has 0 aliphatic heterocycles. The Labute approximate surface area is 83.1 Å². The summed E-state index contributed by atoms with van der Waals surface area (Å²) in [6.07, 6.45) is 0. The number of rotatable bonds is 1. The first kappa shape index (κ1) is 8.72. The van der Waals surface area contributed by atoms with E-state index in [1.165, 1.54) is 12.1 Å². The summed E-state index contributed by atoms with van der Waals surface area (Å²) in [4.78, 5) is 3.04. The van der Waals surface area contributed by atoms with E-state index in [-0.39, 0.29) is 5.82 Å². The Bertz CT molecular complexity index is 450. The second-order valence-corrected chi connectivity index (χ2v) is 3.60. The van der Waals surface area contributed by atoms with E-state index >= 15 is 0 Å². The largest absolute Gasteiger partial charge is 0.356 e. The van der Waals surface area contributed by atoms with Gasteiger partial charge in [-0.2, -0.15) is 0 Å². The van der Waals surface area contributed by atoms with E-state index in [2.05, 4.69) is 20.9 Å². The second kappa shape index (κ2) is 3.12. The lowest BCUT2D eigenvalue weighted by Gasteiger charge is -1.90. The van der Waals surface area contributed by atoms with Crippen LogP contribution in [-0.2, 0) is 6.54 Å². The molecule has 0 spiro atoms. The molecule has 0 amide bonds. The number of fused-ring (bicyclic) bond motifs is 1. The third-order valence-corrected chi connectivity index (χ3v) is 2.88. The molecule has 3 N–H and O–H groups in total. The normalized spacial score (nSPS) is 11.0. The van der Waals surface area contributed by atoms with Crippen molar-refractivity contribution in [3.63, 3.8) is 0 Å². The van der Waals surface area contributed by atoms with E-state index in [1.807, 2.05) is 0 Å². The van der Waals surface area contributed by atoms with Crippen LogP contribution in [0.2, 0.25) is 0 Å². The maximum absolute atomic E-state index is 12.8. The smallest absolute Gasteiger partial charge is 0.125 e. The van der Waals surface area contributed by atoms with Gasteiger partial charge in [0.25, 0.3) is 0 Å². The third kappa shape index (κ3) is 1.36. The standard InChI is InChI=1S/C9H8BrFN2/c10-9-6-2-1-5(11)3-7(6)13-8(9)4-12/h1-3,13H,4,12H2. The maximum Gasteiger partial charge on any atom is 0.125 e. The van der Waals surface area contributed by atoms with Crippen LogP contribution in [0.1, 0.15) is 5.69 Å². The molecule has 0 atom stereocenters. The number of aromatic amines is 1. The van der Waals surface area contributed by atoms with Gasteiger partial charge in [0.05, 0.1) is 0 Å². The Balaban J connectivity index is 2.76. The van der Waals surface area contributed by atoms with Crippen molar-refractivity contribution in [1.82, 2.24) is 4.98 Å². The highest BCUT2D eigenvalue weighted by molar-refractivity contribution is 9.10. The van der Waals surface area contributed by atoms with E-state index < -0.39 is 0 Å². The van der Waals surface area contributed by atoms with Gasteiger partial charge >= 0.3 is 0 Å². The van der Waals surface area contributed by atoms with Crippen LogP contribution >= 0.6 is 15.9 Å². The fourth-order valence-electron chi connectivity index (χ4n) is 1.33. The molecule has 2 aromatic rings. The first-order chi connectivity index (χ1) is 6.22. The van der Waals surface area contributed by atoms with Crippen molar-refractivity contribution in [1.29, 1.82) is 0 Å². The van der Waals surface area contributed by atoms with Crippen molar-refractivity contribution in [2.24, 2.45) is 5.73 Å². The molecule has 0 saturated carbocycles.